The highest BCUT2D eigenvalue weighted by molar-refractivity contribution is 5.78. The summed E-state index contributed by atoms with van der Waals surface area (Å²) in [6.45, 7) is 1.83. The lowest BCUT2D eigenvalue weighted by atomic mass is 10.1. The van der Waals surface area contributed by atoms with E-state index in [0.29, 0.717) is 36.4 Å². The Morgan fingerprint density at radius 2 is 1.92 bits per heavy atom. The van der Waals surface area contributed by atoms with E-state index in [-0.39, 0.29) is 0 Å². The van der Waals surface area contributed by atoms with Gasteiger partial charge >= 0.3 is 0 Å². The Bertz CT molecular complexity index is 998. The SMILES string of the molecule is O=Cc1ccc2c(c1)CCN2c1noc(-c2ccc3c(c2)OCCO3)n1. The monoisotopic (exact) mass is 349 g/mol. The van der Waals surface area contributed by atoms with Crippen molar-refractivity contribution in [3.8, 4) is 23.0 Å². The minimum atomic E-state index is 0.426. The van der Waals surface area contributed by atoms with Crippen molar-refractivity contribution in [2.45, 2.75) is 6.42 Å². The highest BCUT2D eigenvalue weighted by Gasteiger charge is 2.25. The zero-order valence-electron chi connectivity index (χ0n) is 13.8. The van der Waals surface area contributed by atoms with E-state index in [4.69, 9.17) is 14.0 Å². The van der Waals surface area contributed by atoms with Crippen LogP contribution in [-0.4, -0.2) is 36.2 Å². The summed E-state index contributed by atoms with van der Waals surface area (Å²) in [5, 5.41) is 4.13. The molecule has 7 nitrogen and oxygen atoms in total. The number of hydrogen-bond donors (Lipinski definition) is 0. The number of anilines is 2. The number of aromatic nitrogens is 2. The maximum Gasteiger partial charge on any atom is 0.270 e. The second-order valence-corrected chi connectivity index (χ2v) is 6.17. The molecule has 0 amide bonds. The Kier molecular flexibility index (Phi) is 3.38. The van der Waals surface area contributed by atoms with Gasteiger partial charge < -0.3 is 18.9 Å². The van der Waals surface area contributed by atoms with Crippen LogP contribution in [0.3, 0.4) is 0 Å². The van der Waals surface area contributed by atoms with Crippen molar-refractivity contribution in [2.75, 3.05) is 24.7 Å². The van der Waals surface area contributed by atoms with Gasteiger partial charge in [0.1, 0.15) is 19.5 Å². The number of rotatable bonds is 3. The Morgan fingerprint density at radius 3 is 2.81 bits per heavy atom. The van der Waals surface area contributed by atoms with E-state index in [1.165, 1.54) is 0 Å². The first-order valence-corrected chi connectivity index (χ1v) is 8.41. The quantitative estimate of drug-likeness (QED) is 0.673. The number of fused-ring (bicyclic) bond motifs is 2. The van der Waals surface area contributed by atoms with Crippen LogP contribution in [0.1, 0.15) is 15.9 Å². The van der Waals surface area contributed by atoms with Crippen LogP contribution >= 0.6 is 0 Å². The molecule has 0 fully saturated rings. The van der Waals surface area contributed by atoms with E-state index in [1.54, 1.807) is 6.07 Å². The Morgan fingerprint density at radius 1 is 1.04 bits per heavy atom. The minimum absolute atomic E-state index is 0.426. The van der Waals surface area contributed by atoms with Crippen LogP contribution in [0, 0.1) is 0 Å². The number of carbonyl (C=O) groups excluding carboxylic acids is 1. The third-order valence-corrected chi connectivity index (χ3v) is 4.58. The first-order valence-electron chi connectivity index (χ1n) is 8.41. The van der Waals surface area contributed by atoms with Crippen molar-refractivity contribution in [3.05, 3.63) is 47.5 Å². The molecule has 0 aliphatic carbocycles. The van der Waals surface area contributed by atoms with Crippen molar-refractivity contribution < 1.29 is 18.8 Å². The summed E-state index contributed by atoms with van der Waals surface area (Å²) in [6.07, 6.45) is 1.70. The number of nitrogens with zero attached hydrogens (tertiary/aromatic N) is 3. The molecule has 1 aromatic heterocycles. The highest BCUT2D eigenvalue weighted by Crippen LogP contribution is 2.36. The fourth-order valence-corrected chi connectivity index (χ4v) is 3.32. The molecule has 0 bridgehead atoms. The van der Waals surface area contributed by atoms with Gasteiger partial charge in [-0.2, -0.15) is 4.98 Å². The second-order valence-electron chi connectivity index (χ2n) is 6.17. The molecule has 26 heavy (non-hydrogen) atoms. The summed E-state index contributed by atoms with van der Waals surface area (Å²) in [4.78, 5) is 17.5. The fourth-order valence-electron chi connectivity index (χ4n) is 3.32. The first-order chi connectivity index (χ1) is 12.8. The molecule has 0 unspecified atom stereocenters. The Labute approximate surface area is 149 Å². The molecular weight excluding hydrogens is 334 g/mol. The molecule has 3 heterocycles. The van der Waals surface area contributed by atoms with Crippen LogP contribution in [0.4, 0.5) is 11.6 Å². The molecule has 0 atom stereocenters. The summed E-state index contributed by atoms with van der Waals surface area (Å²) >= 11 is 0. The summed E-state index contributed by atoms with van der Waals surface area (Å²) in [6, 6.07) is 11.2. The standard InChI is InChI=1S/C19H15N3O4/c23-11-12-1-3-15-13(9-12)5-6-22(15)19-20-18(26-21-19)14-2-4-16-17(10-14)25-8-7-24-16/h1-4,9-11H,5-8H2. The molecule has 0 saturated heterocycles. The van der Waals surface area contributed by atoms with E-state index in [9.17, 15) is 4.79 Å². The highest BCUT2D eigenvalue weighted by atomic mass is 16.6. The number of carbonyl (C=O) groups is 1. The molecule has 3 aromatic rings. The van der Waals surface area contributed by atoms with Gasteiger partial charge in [0, 0.05) is 23.4 Å². The van der Waals surface area contributed by atoms with Crippen molar-refractivity contribution in [1.82, 2.24) is 10.1 Å². The van der Waals surface area contributed by atoms with Crippen molar-refractivity contribution in [3.63, 3.8) is 0 Å². The molecular formula is C19H15N3O4. The lowest BCUT2D eigenvalue weighted by Gasteiger charge is -2.18. The number of ether oxygens (including phenoxy) is 2. The van der Waals surface area contributed by atoms with Crippen LogP contribution in [0.15, 0.2) is 40.9 Å². The lowest BCUT2D eigenvalue weighted by molar-refractivity contribution is 0.112. The third-order valence-electron chi connectivity index (χ3n) is 4.58. The van der Waals surface area contributed by atoms with Crippen molar-refractivity contribution in [1.29, 1.82) is 0 Å². The molecule has 5 rings (SSSR count). The normalized spacial score (nSPS) is 15.0. The van der Waals surface area contributed by atoms with Crippen LogP contribution in [0.5, 0.6) is 11.5 Å². The van der Waals surface area contributed by atoms with Crippen LogP contribution in [0.25, 0.3) is 11.5 Å². The van der Waals surface area contributed by atoms with E-state index >= 15 is 0 Å². The number of benzene rings is 2. The number of hydrogen-bond acceptors (Lipinski definition) is 7. The smallest absolute Gasteiger partial charge is 0.270 e. The molecule has 130 valence electrons. The average Bonchev–Trinajstić information content (AvgIpc) is 3.34. The van der Waals surface area contributed by atoms with Gasteiger partial charge in [0.05, 0.1) is 0 Å². The van der Waals surface area contributed by atoms with E-state index < -0.39 is 0 Å². The lowest BCUT2D eigenvalue weighted by Crippen LogP contribution is -2.15. The third kappa shape index (κ3) is 2.40. The molecule has 7 heteroatoms. The van der Waals surface area contributed by atoms with E-state index in [1.807, 2.05) is 35.2 Å². The summed E-state index contributed by atoms with van der Waals surface area (Å²) in [7, 11) is 0. The van der Waals surface area contributed by atoms with Gasteiger partial charge in [-0.05, 0) is 53.5 Å². The van der Waals surface area contributed by atoms with E-state index in [0.717, 1.165) is 41.8 Å². The minimum Gasteiger partial charge on any atom is -0.486 e. The van der Waals surface area contributed by atoms with E-state index in [2.05, 4.69) is 10.1 Å². The maximum absolute atomic E-state index is 10.9. The second kappa shape index (κ2) is 5.87. The summed E-state index contributed by atoms with van der Waals surface area (Å²) in [5.74, 6) is 2.34. The molecule has 0 N–H and O–H groups in total. The summed E-state index contributed by atoms with van der Waals surface area (Å²) < 4.78 is 16.6. The zero-order valence-corrected chi connectivity index (χ0v) is 13.8. The molecule has 0 spiro atoms. The van der Waals surface area contributed by atoms with Gasteiger partial charge in [-0.3, -0.25) is 4.79 Å². The van der Waals surface area contributed by atoms with Crippen LogP contribution in [0.2, 0.25) is 0 Å². The maximum atomic E-state index is 10.9. The number of aldehydes is 1. The predicted octanol–water partition coefficient (Wildman–Crippen LogP) is 3.01. The van der Waals surface area contributed by atoms with Gasteiger partial charge in [0.25, 0.3) is 11.8 Å². The van der Waals surface area contributed by atoms with Crippen molar-refractivity contribution >= 4 is 17.9 Å². The zero-order chi connectivity index (χ0) is 17.5. The van der Waals surface area contributed by atoms with Crippen LogP contribution < -0.4 is 14.4 Å². The fraction of sp³-hybridized carbons (Fsp3) is 0.211. The Hall–Kier alpha value is -3.35. The van der Waals surface area contributed by atoms with Gasteiger partial charge in [-0.25, -0.2) is 0 Å². The predicted molar refractivity (Wildman–Crippen MR) is 93.3 cm³/mol. The molecule has 2 aliphatic heterocycles. The molecule has 2 aliphatic rings. The topological polar surface area (TPSA) is 77.7 Å². The van der Waals surface area contributed by atoms with Gasteiger partial charge in [0.2, 0.25) is 0 Å². The van der Waals surface area contributed by atoms with Crippen molar-refractivity contribution in [2.24, 2.45) is 0 Å². The van der Waals surface area contributed by atoms with Gasteiger partial charge in [-0.1, -0.05) is 0 Å². The van der Waals surface area contributed by atoms with Crippen LogP contribution in [-0.2, 0) is 6.42 Å². The summed E-state index contributed by atoms with van der Waals surface area (Å²) in [5.41, 5.74) is 3.57. The van der Waals surface area contributed by atoms with Gasteiger partial charge in [-0.15, -0.1) is 0 Å². The largest absolute Gasteiger partial charge is 0.486 e. The average molecular weight is 349 g/mol. The van der Waals surface area contributed by atoms with Gasteiger partial charge in [0.15, 0.2) is 11.5 Å². The first kappa shape index (κ1) is 14.9. The molecule has 0 saturated carbocycles. The molecule has 0 radical (unpaired) electrons. The Balaban J connectivity index is 1.46. The molecule has 2 aromatic carbocycles.